The average molecular weight is 362 g/mol. The monoisotopic (exact) mass is 362 g/mol. The predicted octanol–water partition coefficient (Wildman–Crippen LogP) is 4.37. The van der Waals surface area contributed by atoms with Gasteiger partial charge in [-0.25, -0.2) is 0 Å². The summed E-state index contributed by atoms with van der Waals surface area (Å²) >= 11 is 0. The number of nitrogens with one attached hydrogen (secondary N) is 1. The second kappa shape index (κ2) is 9.83. The normalized spacial score (nSPS) is 10.6. The zero-order valence-corrected chi connectivity index (χ0v) is 15.5. The maximum atomic E-state index is 12.4. The molecule has 0 atom stereocenters. The van der Waals surface area contributed by atoms with Gasteiger partial charge in [-0.1, -0.05) is 24.3 Å². The lowest BCUT2D eigenvalue weighted by Gasteiger charge is -2.15. The lowest BCUT2D eigenvalue weighted by atomic mass is 10.0. The first-order valence-electron chi connectivity index (χ1n) is 8.55. The summed E-state index contributed by atoms with van der Waals surface area (Å²) in [5.74, 6) is 0.717. The van der Waals surface area contributed by atoms with E-state index in [0.29, 0.717) is 35.8 Å². The number of rotatable bonds is 8. The summed E-state index contributed by atoms with van der Waals surface area (Å²) in [5, 5.41) is 12.1. The van der Waals surface area contributed by atoms with Crippen LogP contribution in [0.4, 0.5) is 5.69 Å². The van der Waals surface area contributed by atoms with Gasteiger partial charge in [0.1, 0.15) is 11.6 Å². The van der Waals surface area contributed by atoms with Gasteiger partial charge in [-0.15, -0.1) is 6.58 Å². The molecule has 0 radical (unpaired) electrons. The summed E-state index contributed by atoms with van der Waals surface area (Å²) in [5.41, 5.74) is 2.17. The van der Waals surface area contributed by atoms with Crippen molar-refractivity contribution in [1.82, 2.24) is 0 Å². The topological polar surface area (TPSA) is 71.4 Å². The van der Waals surface area contributed by atoms with Gasteiger partial charge in [0.2, 0.25) is 0 Å². The Morgan fingerprint density at radius 3 is 2.63 bits per heavy atom. The standard InChI is InChI=1S/C22H22N2O3/c1-4-9-17-12-16(14-20(26-3)21(17)27-5-2)13-18(15-23)22(25)24-19-10-7-6-8-11-19/h4,6-8,10-14H,1,5,9H2,2-3H3,(H,24,25)/b18-13+. The molecule has 2 rings (SSSR count). The lowest BCUT2D eigenvalue weighted by molar-refractivity contribution is -0.112. The number of allylic oxidation sites excluding steroid dienone is 1. The van der Waals surface area contributed by atoms with Gasteiger partial charge in [-0.3, -0.25) is 4.79 Å². The molecular formula is C22H22N2O3. The number of carbonyl (C=O) groups excluding carboxylic acids is 1. The van der Waals surface area contributed by atoms with Crippen molar-refractivity contribution in [3.63, 3.8) is 0 Å². The van der Waals surface area contributed by atoms with Crippen LogP contribution >= 0.6 is 0 Å². The van der Waals surface area contributed by atoms with E-state index in [1.165, 1.54) is 6.08 Å². The van der Waals surface area contributed by atoms with Crippen molar-refractivity contribution in [1.29, 1.82) is 5.26 Å². The van der Waals surface area contributed by atoms with Crippen LogP contribution in [0.2, 0.25) is 0 Å². The first-order valence-corrected chi connectivity index (χ1v) is 8.55. The molecule has 0 fully saturated rings. The number of para-hydroxylation sites is 1. The van der Waals surface area contributed by atoms with Crippen LogP contribution in [-0.4, -0.2) is 19.6 Å². The third-order valence-corrected chi connectivity index (χ3v) is 3.73. The second-order valence-electron chi connectivity index (χ2n) is 5.63. The predicted molar refractivity (Wildman–Crippen MR) is 107 cm³/mol. The number of carbonyl (C=O) groups is 1. The molecule has 0 bridgehead atoms. The van der Waals surface area contributed by atoms with E-state index < -0.39 is 5.91 Å². The van der Waals surface area contributed by atoms with Gasteiger partial charge < -0.3 is 14.8 Å². The highest BCUT2D eigenvalue weighted by molar-refractivity contribution is 6.09. The van der Waals surface area contributed by atoms with Crippen LogP contribution < -0.4 is 14.8 Å². The molecule has 5 nitrogen and oxygen atoms in total. The second-order valence-corrected chi connectivity index (χ2v) is 5.63. The molecule has 0 unspecified atom stereocenters. The number of amides is 1. The molecule has 5 heteroatoms. The molecule has 0 aliphatic rings. The van der Waals surface area contributed by atoms with Crippen molar-refractivity contribution in [2.45, 2.75) is 13.3 Å². The minimum absolute atomic E-state index is 0.00498. The Balaban J connectivity index is 2.39. The van der Waals surface area contributed by atoms with E-state index in [0.717, 1.165) is 5.56 Å². The summed E-state index contributed by atoms with van der Waals surface area (Å²) in [6.07, 6.45) is 3.87. The molecule has 0 aliphatic heterocycles. The van der Waals surface area contributed by atoms with E-state index in [9.17, 15) is 10.1 Å². The van der Waals surface area contributed by atoms with Crippen LogP contribution in [0.3, 0.4) is 0 Å². The van der Waals surface area contributed by atoms with E-state index >= 15 is 0 Å². The molecule has 0 saturated carbocycles. The van der Waals surface area contributed by atoms with E-state index in [4.69, 9.17) is 9.47 Å². The molecule has 0 heterocycles. The van der Waals surface area contributed by atoms with Crippen LogP contribution in [0, 0.1) is 11.3 Å². The zero-order valence-electron chi connectivity index (χ0n) is 15.5. The highest BCUT2D eigenvalue weighted by Gasteiger charge is 2.14. The molecule has 138 valence electrons. The Bertz CT molecular complexity index is 880. The Kier molecular flexibility index (Phi) is 7.21. The fourth-order valence-corrected chi connectivity index (χ4v) is 2.57. The number of ether oxygens (including phenoxy) is 2. The fourth-order valence-electron chi connectivity index (χ4n) is 2.57. The molecule has 0 aliphatic carbocycles. The Labute approximate surface area is 159 Å². The highest BCUT2D eigenvalue weighted by Crippen LogP contribution is 2.34. The van der Waals surface area contributed by atoms with Crippen molar-refractivity contribution in [3.05, 3.63) is 71.8 Å². The minimum atomic E-state index is -0.471. The van der Waals surface area contributed by atoms with E-state index in [1.807, 2.05) is 37.3 Å². The molecule has 0 spiro atoms. The maximum Gasteiger partial charge on any atom is 0.266 e. The minimum Gasteiger partial charge on any atom is -0.493 e. The quantitative estimate of drug-likeness (QED) is 0.430. The van der Waals surface area contributed by atoms with Crippen molar-refractivity contribution >= 4 is 17.7 Å². The largest absolute Gasteiger partial charge is 0.493 e. The van der Waals surface area contributed by atoms with Crippen LogP contribution in [0.25, 0.3) is 6.08 Å². The number of hydrogen-bond acceptors (Lipinski definition) is 4. The lowest BCUT2D eigenvalue weighted by Crippen LogP contribution is -2.13. The van der Waals surface area contributed by atoms with Gasteiger partial charge in [0, 0.05) is 11.3 Å². The van der Waals surface area contributed by atoms with Gasteiger partial charge in [0.25, 0.3) is 5.91 Å². The molecule has 0 saturated heterocycles. The molecule has 27 heavy (non-hydrogen) atoms. The van der Waals surface area contributed by atoms with E-state index in [1.54, 1.807) is 31.4 Å². The van der Waals surface area contributed by atoms with Crippen LogP contribution in [-0.2, 0) is 11.2 Å². The number of benzene rings is 2. The number of anilines is 1. The van der Waals surface area contributed by atoms with Gasteiger partial charge in [-0.05, 0) is 49.2 Å². The number of methoxy groups -OCH3 is 1. The number of nitriles is 1. The Morgan fingerprint density at radius 2 is 2.04 bits per heavy atom. The van der Waals surface area contributed by atoms with E-state index in [2.05, 4.69) is 11.9 Å². The van der Waals surface area contributed by atoms with E-state index in [-0.39, 0.29) is 5.57 Å². The third kappa shape index (κ3) is 5.23. The van der Waals surface area contributed by atoms with Crippen LogP contribution in [0.15, 0.2) is 60.7 Å². The van der Waals surface area contributed by atoms with Crippen molar-refractivity contribution in [3.8, 4) is 17.6 Å². The van der Waals surface area contributed by atoms with Crippen molar-refractivity contribution in [2.24, 2.45) is 0 Å². The Morgan fingerprint density at radius 1 is 1.30 bits per heavy atom. The van der Waals surface area contributed by atoms with Crippen molar-refractivity contribution < 1.29 is 14.3 Å². The molecule has 0 aromatic heterocycles. The summed E-state index contributed by atoms with van der Waals surface area (Å²) < 4.78 is 11.1. The third-order valence-electron chi connectivity index (χ3n) is 3.73. The summed E-state index contributed by atoms with van der Waals surface area (Å²) in [4.78, 5) is 12.4. The first-order chi connectivity index (χ1) is 13.1. The Hall–Kier alpha value is -3.52. The molecular weight excluding hydrogens is 340 g/mol. The zero-order chi connectivity index (χ0) is 19.6. The first kappa shape index (κ1) is 19.8. The van der Waals surface area contributed by atoms with Gasteiger partial charge in [-0.2, -0.15) is 5.26 Å². The van der Waals surface area contributed by atoms with Crippen molar-refractivity contribution in [2.75, 3.05) is 19.0 Å². The summed E-state index contributed by atoms with van der Waals surface area (Å²) in [6.45, 7) is 6.16. The highest BCUT2D eigenvalue weighted by atomic mass is 16.5. The number of hydrogen-bond donors (Lipinski definition) is 1. The summed E-state index contributed by atoms with van der Waals surface area (Å²) in [7, 11) is 1.55. The molecule has 1 N–H and O–H groups in total. The molecule has 2 aromatic rings. The molecule has 2 aromatic carbocycles. The van der Waals surface area contributed by atoms with Crippen LogP contribution in [0.5, 0.6) is 11.5 Å². The average Bonchev–Trinajstić information content (AvgIpc) is 2.68. The summed E-state index contributed by atoms with van der Waals surface area (Å²) in [6, 6.07) is 14.5. The van der Waals surface area contributed by atoms with Crippen LogP contribution in [0.1, 0.15) is 18.1 Å². The smallest absolute Gasteiger partial charge is 0.266 e. The SMILES string of the molecule is C=CCc1cc(/C=C(\C#N)C(=O)Nc2ccccc2)cc(OC)c1OCC. The van der Waals surface area contributed by atoms with Gasteiger partial charge >= 0.3 is 0 Å². The number of nitrogens with zero attached hydrogens (tertiary/aromatic N) is 1. The van der Waals surface area contributed by atoms with Gasteiger partial charge in [0.15, 0.2) is 11.5 Å². The van der Waals surface area contributed by atoms with Gasteiger partial charge in [0.05, 0.1) is 13.7 Å². The molecule has 1 amide bonds. The maximum absolute atomic E-state index is 12.4. The fraction of sp³-hybridized carbons (Fsp3) is 0.182.